The van der Waals surface area contributed by atoms with Crippen molar-refractivity contribution in [2.45, 2.75) is 33.3 Å². The Balaban J connectivity index is 2.24. The highest BCUT2D eigenvalue weighted by Crippen LogP contribution is 2.29. The SMILES string of the molecule is Cc1cccnc1-c1cc2ccccc2n1C(=O)OC(C)(C)C. The minimum Gasteiger partial charge on any atom is -0.443 e. The van der Waals surface area contributed by atoms with Crippen molar-refractivity contribution in [2.24, 2.45) is 0 Å². The first kappa shape index (κ1) is 15.3. The van der Waals surface area contributed by atoms with Crippen LogP contribution in [0.25, 0.3) is 22.3 Å². The van der Waals surface area contributed by atoms with Gasteiger partial charge in [-0.2, -0.15) is 0 Å². The molecule has 0 aliphatic heterocycles. The lowest BCUT2D eigenvalue weighted by Gasteiger charge is -2.21. The van der Waals surface area contributed by atoms with E-state index in [0.717, 1.165) is 27.9 Å². The van der Waals surface area contributed by atoms with Gasteiger partial charge in [-0.25, -0.2) is 9.36 Å². The summed E-state index contributed by atoms with van der Waals surface area (Å²) in [5.41, 5.74) is 2.81. The Morgan fingerprint density at radius 2 is 1.87 bits per heavy atom. The highest BCUT2D eigenvalue weighted by molar-refractivity contribution is 5.96. The van der Waals surface area contributed by atoms with Gasteiger partial charge < -0.3 is 4.74 Å². The lowest BCUT2D eigenvalue weighted by molar-refractivity contribution is 0.0547. The zero-order valence-corrected chi connectivity index (χ0v) is 13.8. The van der Waals surface area contributed by atoms with Crippen molar-refractivity contribution in [1.82, 2.24) is 9.55 Å². The third kappa shape index (κ3) is 2.97. The molecule has 0 spiro atoms. The van der Waals surface area contributed by atoms with E-state index in [-0.39, 0.29) is 0 Å². The topological polar surface area (TPSA) is 44.1 Å². The first-order valence-electron chi connectivity index (χ1n) is 7.63. The van der Waals surface area contributed by atoms with Crippen LogP contribution in [0.15, 0.2) is 48.7 Å². The molecule has 4 nitrogen and oxygen atoms in total. The van der Waals surface area contributed by atoms with Crippen molar-refractivity contribution in [3.8, 4) is 11.4 Å². The van der Waals surface area contributed by atoms with Gasteiger partial charge in [0, 0.05) is 11.6 Å². The van der Waals surface area contributed by atoms with Gasteiger partial charge in [-0.3, -0.25) is 4.98 Å². The summed E-state index contributed by atoms with van der Waals surface area (Å²) in [6.45, 7) is 7.58. The zero-order chi connectivity index (χ0) is 16.6. The van der Waals surface area contributed by atoms with Crippen LogP contribution in [-0.4, -0.2) is 21.2 Å². The largest absolute Gasteiger partial charge is 0.443 e. The number of hydrogen-bond acceptors (Lipinski definition) is 3. The molecule has 118 valence electrons. The van der Waals surface area contributed by atoms with Crippen molar-refractivity contribution < 1.29 is 9.53 Å². The van der Waals surface area contributed by atoms with Crippen LogP contribution in [0.1, 0.15) is 26.3 Å². The monoisotopic (exact) mass is 308 g/mol. The van der Waals surface area contributed by atoms with Crippen LogP contribution in [0, 0.1) is 6.92 Å². The van der Waals surface area contributed by atoms with Gasteiger partial charge in [0.2, 0.25) is 0 Å². The zero-order valence-electron chi connectivity index (χ0n) is 13.8. The molecule has 0 bridgehead atoms. The third-order valence-corrected chi connectivity index (χ3v) is 3.54. The molecule has 1 aromatic carbocycles. The fourth-order valence-electron chi connectivity index (χ4n) is 2.59. The molecule has 4 heteroatoms. The minimum absolute atomic E-state index is 0.390. The van der Waals surface area contributed by atoms with Gasteiger partial charge in [0.1, 0.15) is 5.60 Å². The normalized spacial score (nSPS) is 11.7. The Morgan fingerprint density at radius 1 is 1.13 bits per heavy atom. The molecule has 3 rings (SSSR count). The Bertz CT molecular complexity index is 872. The van der Waals surface area contributed by atoms with Gasteiger partial charge in [-0.15, -0.1) is 0 Å². The first-order chi connectivity index (χ1) is 10.9. The second-order valence-electron chi connectivity index (χ2n) is 6.57. The summed E-state index contributed by atoms with van der Waals surface area (Å²) in [6, 6.07) is 13.6. The molecule has 0 aliphatic rings. The number of para-hydroxylation sites is 1. The fourth-order valence-corrected chi connectivity index (χ4v) is 2.59. The molecule has 2 heterocycles. The second kappa shape index (κ2) is 5.54. The van der Waals surface area contributed by atoms with Crippen molar-refractivity contribution in [3.63, 3.8) is 0 Å². The maximum absolute atomic E-state index is 12.8. The van der Waals surface area contributed by atoms with Gasteiger partial charge in [0.05, 0.1) is 16.9 Å². The number of pyridine rings is 1. The molecule has 0 N–H and O–H groups in total. The van der Waals surface area contributed by atoms with E-state index >= 15 is 0 Å². The van der Waals surface area contributed by atoms with E-state index in [0.29, 0.717) is 0 Å². The van der Waals surface area contributed by atoms with E-state index < -0.39 is 11.7 Å². The van der Waals surface area contributed by atoms with E-state index in [1.54, 1.807) is 10.8 Å². The minimum atomic E-state index is -0.557. The second-order valence-corrected chi connectivity index (χ2v) is 6.57. The molecule has 0 radical (unpaired) electrons. The lowest BCUT2D eigenvalue weighted by Crippen LogP contribution is -2.27. The molecule has 0 saturated heterocycles. The quantitative estimate of drug-likeness (QED) is 0.649. The molecular formula is C19H20N2O2. The van der Waals surface area contributed by atoms with Crippen LogP contribution < -0.4 is 0 Å². The number of carbonyl (C=O) groups excluding carboxylic acids is 1. The van der Waals surface area contributed by atoms with E-state index in [1.165, 1.54) is 0 Å². The van der Waals surface area contributed by atoms with Crippen molar-refractivity contribution in [2.75, 3.05) is 0 Å². The number of aryl methyl sites for hydroxylation is 1. The van der Waals surface area contributed by atoms with E-state index in [9.17, 15) is 4.79 Å². The maximum atomic E-state index is 12.8. The number of carbonyl (C=O) groups is 1. The number of hydrogen-bond donors (Lipinski definition) is 0. The average Bonchev–Trinajstić information content (AvgIpc) is 2.85. The number of aromatic nitrogens is 2. The Labute approximate surface area is 135 Å². The number of benzene rings is 1. The fraction of sp³-hybridized carbons (Fsp3) is 0.263. The van der Waals surface area contributed by atoms with Crippen LogP contribution >= 0.6 is 0 Å². The summed E-state index contributed by atoms with van der Waals surface area (Å²) in [5.74, 6) is 0. The molecule has 0 unspecified atom stereocenters. The summed E-state index contributed by atoms with van der Waals surface area (Å²) in [4.78, 5) is 17.2. The Kier molecular flexibility index (Phi) is 3.68. The summed E-state index contributed by atoms with van der Waals surface area (Å²) in [6.07, 6.45) is 1.35. The lowest BCUT2D eigenvalue weighted by atomic mass is 10.1. The predicted octanol–water partition coefficient (Wildman–Crippen LogP) is 4.79. The molecule has 0 aliphatic carbocycles. The summed E-state index contributed by atoms with van der Waals surface area (Å²) in [7, 11) is 0. The summed E-state index contributed by atoms with van der Waals surface area (Å²) in [5, 5.41) is 0.985. The number of fused-ring (bicyclic) bond motifs is 1. The van der Waals surface area contributed by atoms with Crippen molar-refractivity contribution in [3.05, 3.63) is 54.2 Å². The number of rotatable bonds is 1. The van der Waals surface area contributed by atoms with Crippen LogP contribution in [0.4, 0.5) is 4.79 Å². The van der Waals surface area contributed by atoms with Gasteiger partial charge >= 0.3 is 6.09 Å². The standard InChI is InChI=1S/C19H20N2O2/c1-13-8-7-11-20-17(13)16-12-14-9-5-6-10-15(14)21(16)18(22)23-19(2,3)4/h5-12H,1-4H3. The molecule has 2 aromatic heterocycles. The van der Waals surface area contributed by atoms with Gasteiger partial charge in [0.15, 0.2) is 0 Å². The van der Waals surface area contributed by atoms with Crippen molar-refractivity contribution in [1.29, 1.82) is 0 Å². The summed E-state index contributed by atoms with van der Waals surface area (Å²) < 4.78 is 7.20. The Morgan fingerprint density at radius 3 is 2.57 bits per heavy atom. The maximum Gasteiger partial charge on any atom is 0.419 e. The highest BCUT2D eigenvalue weighted by Gasteiger charge is 2.23. The van der Waals surface area contributed by atoms with Crippen molar-refractivity contribution >= 4 is 17.0 Å². The molecule has 3 aromatic rings. The van der Waals surface area contributed by atoms with Crippen LogP contribution in [-0.2, 0) is 4.74 Å². The Hall–Kier alpha value is -2.62. The average molecular weight is 308 g/mol. The predicted molar refractivity (Wildman–Crippen MR) is 91.5 cm³/mol. The molecular weight excluding hydrogens is 288 g/mol. The summed E-state index contributed by atoms with van der Waals surface area (Å²) >= 11 is 0. The number of ether oxygens (including phenoxy) is 1. The third-order valence-electron chi connectivity index (χ3n) is 3.54. The highest BCUT2D eigenvalue weighted by atomic mass is 16.6. The van der Waals surface area contributed by atoms with E-state index in [1.807, 2.05) is 70.2 Å². The van der Waals surface area contributed by atoms with E-state index in [4.69, 9.17) is 4.74 Å². The molecule has 0 fully saturated rings. The molecule has 0 saturated carbocycles. The molecule has 0 amide bonds. The first-order valence-corrected chi connectivity index (χ1v) is 7.63. The molecule has 23 heavy (non-hydrogen) atoms. The van der Waals surface area contributed by atoms with Crippen LogP contribution in [0.3, 0.4) is 0 Å². The molecule has 0 atom stereocenters. The van der Waals surface area contributed by atoms with Gasteiger partial charge in [0.25, 0.3) is 0 Å². The van der Waals surface area contributed by atoms with E-state index in [2.05, 4.69) is 4.98 Å². The van der Waals surface area contributed by atoms with Crippen LogP contribution in [0.5, 0.6) is 0 Å². The number of nitrogens with zero attached hydrogens (tertiary/aromatic N) is 2. The van der Waals surface area contributed by atoms with Gasteiger partial charge in [-0.05, 0) is 51.5 Å². The van der Waals surface area contributed by atoms with Gasteiger partial charge in [-0.1, -0.05) is 24.3 Å². The smallest absolute Gasteiger partial charge is 0.419 e. The van der Waals surface area contributed by atoms with Crippen LogP contribution in [0.2, 0.25) is 0 Å².